The smallest absolute Gasteiger partial charge is 0.264 e. The Labute approximate surface area is 133 Å². The molecule has 6 heteroatoms. The normalized spacial score (nSPS) is 27.2. The highest BCUT2D eigenvalue weighted by Gasteiger charge is 2.37. The molecule has 104 valence electrons. The van der Waals surface area contributed by atoms with Crippen molar-refractivity contribution in [1.29, 1.82) is 0 Å². The van der Waals surface area contributed by atoms with E-state index in [2.05, 4.69) is 31.9 Å². The first-order valence-corrected chi connectivity index (χ1v) is 8.94. The van der Waals surface area contributed by atoms with E-state index in [-0.39, 0.29) is 18.1 Å². The van der Waals surface area contributed by atoms with Gasteiger partial charge in [-0.3, -0.25) is 4.79 Å². The molecular weight excluding hydrogens is 394 g/mol. The molecule has 1 amide bonds. The lowest BCUT2D eigenvalue weighted by Gasteiger charge is -2.43. The lowest BCUT2D eigenvalue weighted by molar-refractivity contribution is -0.0751. The maximum absolute atomic E-state index is 12.7. The van der Waals surface area contributed by atoms with Gasteiger partial charge in [0.2, 0.25) is 0 Å². The van der Waals surface area contributed by atoms with Crippen molar-refractivity contribution in [2.45, 2.75) is 37.8 Å². The Hall–Kier alpha value is 0.0900. The molecule has 2 fully saturated rings. The number of carbonyl (C=O) groups is 1. The zero-order valence-corrected chi connectivity index (χ0v) is 14.4. The van der Waals surface area contributed by atoms with Crippen molar-refractivity contribution in [2.24, 2.45) is 0 Å². The predicted molar refractivity (Wildman–Crippen MR) is 82.8 cm³/mol. The third-order valence-electron chi connectivity index (χ3n) is 3.85. The van der Waals surface area contributed by atoms with Gasteiger partial charge in [-0.15, -0.1) is 11.3 Å². The van der Waals surface area contributed by atoms with Crippen LogP contribution >= 0.6 is 43.2 Å². The van der Waals surface area contributed by atoms with Crippen LogP contribution in [0, 0.1) is 0 Å². The van der Waals surface area contributed by atoms with E-state index in [1.807, 2.05) is 11.0 Å². The Bertz CT molecular complexity index is 469. The highest BCUT2D eigenvalue weighted by molar-refractivity contribution is 9.13. The van der Waals surface area contributed by atoms with E-state index in [4.69, 9.17) is 4.74 Å². The van der Waals surface area contributed by atoms with Gasteiger partial charge in [0.15, 0.2) is 0 Å². The molecule has 1 saturated heterocycles. The SMILES string of the molecule is O=C(c1cc(Br)c(Br)s1)N1CCOC2CCCCC21. The summed E-state index contributed by atoms with van der Waals surface area (Å²) < 4.78 is 7.75. The van der Waals surface area contributed by atoms with Gasteiger partial charge in [-0.25, -0.2) is 0 Å². The van der Waals surface area contributed by atoms with Gasteiger partial charge in [0.25, 0.3) is 5.91 Å². The summed E-state index contributed by atoms with van der Waals surface area (Å²) in [5.74, 6) is 0.150. The molecule has 1 aliphatic heterocycles. The van der Waals surface area contributed by atoms with Crippen molar-refractivity contribution >= 4 is 49.1 Å². The summed E-state index contributed by atoms with van der Waals surface area (Å²) in [5, 5.41) is 0. The van der Waals surface area contributed by atoms with Crippen LogP contribution in [0.15, 0.2) is 14.3 Å². The van der Waals surface area contributed by atoms with E-state index >= 15 is 0 Å². The second-order valence-electron chi connectivity index (χ2n) is 4.99. The molecule has 19 heavy (non-hydrogen) atoms. The third kappa shape index (κ3) is 2.77. The summed E-state index contributed by atoms with van der Waals surface area (Å²) in [6, 6.07) is 2.18. The predicted octanol–water partition coefficient (Wildman–Crippen LogP) is 4.06. The Morgan fingerprint density at radius 1 is 1.37 bits per heavy atom. The number of hydrogen-bond acceptors (Lipinski definition) is 3. The maximum Gasteiger partial charge on any atom is 0.264 e. The summed E-state index contributed by atoms with van der Waals surface area (Å²) in [4.78, 5) is 15.5. The molecular formula is C13H15Br2NO2S. The van der Waals surface area contributed by atoms with Crippen molar-refractivity contribution in [3.8, 4) is 0 Å². The molecule has 0 spiro atoms. The summed E-state index contributed by atoms with van der Waals surface area (Å²) >= 11 is 8.39. The van der Waals surface area contributed by atoms with Crippen LogP contribution in [-0.2, 0) is 4.74 Å². The first-order chi connectivity index (χ1) is 9.16. The number of ether oxygens (including phenoxy) is 1. The number of hydrogen-bond donors (Lipinski definition) is 0. The highest BCUT2D eigenvalue weighted by atomic mass is 79.9. The molecule has 1 saturated carbocycles. The van der Waals surface area contributed by atoms with E-state index in [0.717, 1.165) is 26.0 Å². The molecule has 2 atom stereocenters. The summed E-state index contributed by atoms with van der Waals surface area (Å²) in [7, 11) is 0. The standard InChI is InChI=1S/C13H15Br2NO2S/c14-8-7-11(19-12(8)15)13(17)16-5-6-18-10-4-2-1-3-9(10)16/h7,9-10H,1-6H2. The number of fused-ring (bicyclic) bond motifs is 1. The van der Waals surface area contributed by atoms with E-state index < -0.39 is 0 Å². The maximum atomic E-state index is 12.7. The number of halogens is 2. The van der Waals surface area contributed by atoms with Gasteiger partial charge in [-0.05, 0) is 50.8 Å². The summed E-state index contributed by atoms with van der Waals surface area (Å²) in [6.07, 6.45) is 4.83. The zero-order chi connectivity index (χ0) is 13.4. The van der Waals surface area contributed by atoms with Gasteiger partial charge in [-0.2, -0.15) is 0 Å². The van der Waals surface area contributed by atoms with Crippen LogP contribution in [0.1, 0.15) is 35.4 Å². The number of thiophene rings is 1. The van der Waals surface area contributed by atoms with Gasteiger partial charge in [0.05, 0.1) is 27.4 Å². The monoisotopic (exact) mass is 407 g/mol. The minimum Gasteiger partial charge on any atom is -0.374 e. The third-order valence-corrected chi connectivity index (χ3v) is 7.09. The fourth-order valence-electron chi connectivity index (χ4n) is 2.94. The molecule has 1 aliphatic carbocycles. The molecule has 1 aromatic rings. The van der Waals surface area contributed by atoms with Crippen LogP contribution in [0.2, 0.25) is 0 Å². The second-order valence-corrected chi connectivity index (χ2v) is 8.22. The lowest BCUT2D eigenvalue weighted by atomic mass is 9.90. The molecule has 0 N–H and O–H groups in total. The largest absolute Gasteiger partial charge is 0.374 e. The van der Waals surface area contributed by atoms with Gasteiger partial charge in [-0.1, -0.05) is 12.8 Å². The van der Waals surface area contributed by atoms with Gasteiger partial charge >= 0.3 is 0 Å². The highest BCUT2D eigenvalue weighted by Crippen LogP contribution is 2.35. The molecule has 3 nitrogen and oxygen atoms in total. The van der Waals surface area contributed by atoms with E-state index in [1.165, 1.54) is 24.2 Å². The average Bonchev–Trinajstić information content (AvgIpc) is 2.77. The molecule has 2 heterocycles. The van der Waals surface area contributed by atoms with E-state index in [0.29, 0.717) is 13.2 Å². The second kappa shape index (κ2) is 5.84. The van der Waals surface area contributed by atoms with Crippen molar-refractivity contribution in [3.63, 3.8) is 0 Å². The van der Waals surface area contributed by atoms with E-state index in [9.17, 15) is 4.79 Å². The fourth-order valence-corrected chi connectivity index (χ4v) is 4.93. The van der Waals surface area contributed by atoms with Crippen LogP contribution in [0.5, 0.6) is 0 Å². The van der Waals surface area contributed by atoms with Gasteiger partial charge in [0.1, 0.15) is 0 Å². The molecule has 0 aromatic carbocycles. The van der Waals surface area contributed by atoms with Gasteiger partial charge < -0.3 is 9.64 Å². The zero-order valence-electron chi connectivity index (χ0n) is 10.4. The first-order valence-electron chi connectivity index (χ1n) is 6.54. The Morgan fingerprint density at radius 3 is 2.89 bits per heavy atom. The molecule has 0 radical (unpaired) electrons. The van der Waals surface area contributed by atoms with Crippen molar-refractivity contribution in [3.05, 3.63) is 19.2 Å². The number of amides is 1. The molecule has 2 aliphatic rings. The quantitative estimate of drug-likeness (QED) is 0.701. The average molecular weight is 409 g/mol. The van der Waals surface area contributed by atoms with Gasteiger partial charge in [0, 0.05) is 11.0 Å². The fraction of sp³-hybridized carbons (Fsp3) is 0.615. The Morgan fingerprint density at radius 2 is 2.16 bits per heavy atom. The van der Waals surface area contributed by atoms with Crippen molar-refractivity contribution in [2.75, 3.05) is 13.2 Å². The minimum absolute atomic E-state index is 0.150. The lowest BCUT2D eigenvalue weighted by Crippen LogP contribution is -2.54. The number of carbonyl (C=O) groups excluding carboxylic acids is 1. The summed E-state index contributed by atoms with van der Waals surface area (Å²) in [5.41, 5.74) is 0. The van der Waals surface area contributed by atoms with Crippen LogP contribution in [0.4, 0.5) is 0 Å². The van der Waals surface area contributed by atoms with Crippen molar-refractivity contribution in [1.82, 2.24) is 4.90 Å². The first kappa shape index (κ1) is 14.0. The van der Waals surface area contributed by atoms with Crippen LogP contribution in [-0.4, -0.2) is 36.1 Å². The number of rotatable bonds is 1. The molecule has 2 unspecified atom stereocenters. The van der Waals surface area contributed by atoms with Crippen LogP contribution in [0.25, 0.3) is 0 Å². The Kier molecular flexibility index (Phi) is 4.31. The number of nitrogens with zero attached hydrogens (tertiary/aromatic N) is 1. The Balaban J connectivity index is 1.81. The number of morpholine rings is 1. The van der Waals surface area contributed by atoms with Crippen molar-refractivity contribution < 1.29 is 9.53 Å². The van der Waals surface area contributed by atoms with Crippen LogP contribution < -0.4 is 0 Å². The summed E-state index contributed by atoms with van der Waals surface area (Å²) in [6.45, 7) is 1.38. The van der Waals surface area contributed by atoms with Crippen LogP contribution in [0.3, 0.4) is 0 Å². The van der Waals surface area contributed by atoms with E-state index in [1.54, 1.807) is 0 Å². The molecule has 0 bridgehead atoms. The molecule has 1 aromatic heterocycles. The minimum atomic E-state index is 0.150. The molecule has 3 rings (SSSR count). The topological polar surface area (TPSA) is 29.5 Å².